The van der Waals surface area contributed by atoms with Gasteiger partial charge in [0.05, 0.1) is 19.7 Å². The van der Waals surface area contributed by atoms with Gasteiger partial charge in [0.15, 0.2) is 0 Å². The van der Waals surface area contributed by atoms with Crippen LogP contribution in [0.15, 0.2) is 30.6 Å². The smallest absolute Gasteiger partial charge is 0.410 e. The third kappa shape index (κ3) is 6.56. The van der Waals surface area contributed by atoms with E-state index in [1.165, 1.54) is 13.3 Å². The molecule has 3 heterocycles. The topological polar surface area (TPSA) is 93.7 Å². The monoisotopic (exact) mass is 460 g/mol. The summed E-state index contributed by atoms with van der Waals surface area (Å²) in [4.78, 5) is 35.0. The molecule has 8 nitrogen and oxygen atoms in total. The Balaban J connectivity index is 1.51. The van der Waals surface area contributed by atoms with E-state index in [0.29, 0.717) is 29.7 Å². The minimum absolute atomic E-state index is 0.178. The lowest BCUT2D eigenvalue weighted by Crippen LogP contribution is -2.41. The molecule has 0 aromatic carbocycles. The summed E-state index contributed by atoms with van der Waals surface area (Å²) < 4.78 is 10.6. The standard InChI is InChI=1S/C23H29ClN4O4/c1-23(2,3)32-22(30)28-9-7-16(8-10-28)18-6-5-15(13-25-18)11-21(29)27-20-12-19(31-4)17(24)14-26-20/h5-6,12-14,16H,7-11H2,1-4H3,(H,26,27,29). The second-order valence-electron chi connectivity index (χ2n) is 8.76. The fraction of sp³-hybridized carbons (Fsp3) is 0.478. The van der Waals surface area contributed by atoms with Crippen LogP contribution in [-0.2, 0) is 16.0 Å². The Kier molecular flexibility index (Phi) is 7.56. The van der Waals surface area contributed by atoms with Crippen LogP contribution in [0.2, 0.25) is 5.02 Å². The Morgan fingerprint density at radius 1 is 1.19 bits per heavy atom. The Hall–Kier alpha value is -2.87. The second-order valence-corrected chi connectivity index (χ2v) is 9.17. The number of likely N-dealkylation sites (tertiary alicyclic amines) is 1. The molecule has 2 aromatic heterocycles. The van der Waals surface area contributed by atoms with Crippen molar-refractivity contribution in [2.75, 3.05) is 25.5 Å². The summed E-state index contributed by atoms with van der Waals surface area (Å²) in [5.41, 5.74) is 1.29. The Morgan fingerprint density at radius 3 is 2.50 bits per heavy atom. The quantitative estimate of drug-likeness (QED) is 0.709. The van der Waals surface area contributed by atoms with Gasteiger partial charge in [-0.1, -0.05) is 17.7 Å². The van der Waals surface area contributed by atoms with E-state index in [-0.39, 0.29) is 24.3 Å². The van der Waals surface area contributed by atoms with Crippen molar-refractivity contribution in [3.8, 4) is 5.75 Å². The van der Waals surface area contributed by atoms with Gasteiger partial charge in [-0.05, 0) is 45.2 Å². The van der Waals surface area contributed by atoms with Gasteiger partial charge in [0.25, 0.3) is 0 Å². The highest BCUT2D eigenvalue weighted by atomic mass is 35.5. The predicted molar refractivity (Wildman–Crippen MR) is 122 cm³/mol. The van der Waals surface area contributed by atoms with E-state index in [0.717, 1.165) is 24.1 Å². The second kappa shape index (κ2) is 10.2. The highest BCUT2D eigenvalue weighted by Gasteiger charge is 2.28. The van der Waals surface area contributed by atoms with E-state index in [1.807, 2.05) is 32.9 Å². The van der Waals surface area contributed by atoms with Crippen LogP contribution in [0.5, 0.6) is 5.75 Å². The maximum atomic E-state index is 12.3. The van der Waals surface area contributed by atoms with Crippen LogP contribution in [0.4, 0.5) is 10.6 Å². The van der Waals surface area contributed by atoms with Crippen molar-refractivity contribution in [1.29, 1.82) is 0 Å². The Morgan fingerprint density at radius 2 is 1.91 bits per heavy atom. The molecule has 1 saturated heterocycles. The number of hydrogen-bond acceptors (Lipinski definition) is 6. The number of piperidine rings is 1. The molecule has 0 bridgehead atoms. The molecule has 0 atom stereocenters. The van der Waals surface area contributed by atoms with Crippen molar-refractivity contribution in [1.82, 2.24) is 14.9 Å². The average Bonchev–Trinajstić information content (AvgIpc) is 2.74. The van der Waals surface area contributed by atoms with E-state index in [2.05, 4.69) is 15.3 Å². The van der Waals surface area contributed by atoms with Crippen molar-refractivity contribution < 1.29 is 19.1 Å². The summed E-state index contributed by atoms with van der Waals surface area (Å²) in [6, 6.07) is 5.45. The first-order chi connectivity index (χ1) is 15.1. The molecular weight excluding hydrogens is 432 g/mol. The first kappa shape index (κ1) is 23.8. The molecule has 0 spiro atoms. The van der Waals surface area contributed by atoms with E-state index < -0.39 is 5.60 Å². The van der Waals surface area contributed by atoms with Gasteiger partial charge in [-0.2, -0.15) is 0 Å². The van der Waals surface area contributed by atoms with Crippen molar-refractivity contribution in [2.45, 2.75) is 51.6 Å². The Bertz CT molecular complexity index is 951. The summed E-state index contributed by atoms with van der Waals surface area (Å²) in [6.45, 7) is 6.89. The zero-order valence-corrected chi connectivity index (χ0v) is 19.6. The number of amides is 2. The molecule has 1 aliphatic rings. The first-order valence-corrected chi connectivity index (χ1v) is 10.9. The number of aromatic nitrogens is 2. The van der Waals surface area contributed by atoms with Gasteiger partial charge in [0.2, 0.25) is 5.91 Å². The summed E-state index contributed by atoms with van der Waals surface area (Å²) >= 11 is 5.96. The molecule has 2 amide bonds. The molecule has 0 radical (unpaired) electrons. The number of nitrogens with zero attached hydrogens (tertiary/aromatic N) is 3. The number of carbonyl (C=O) groups is 2. The molecular formula is C23H29ClN4O4. The van der Waals surface area contributed by atoms with Crippen LogP contribution >= 0.6 is 11.6 Å². The van der Waals surface area contributed by atoms with Gasteiger partial charge in [-0.15, -0.1) is 0 Å². The molecule has 172 valence electrons. The molecule has 0 saturated carbocycles. The average molecular weight is 461 g/mol. The van der Waals surface area contributed by atoms with Gasteiger partial charge in [-0.3, -0.25) is 9.78 Å². The highest BCUT2D eigenvalue weighted by Crippen LogP contribution is 2.28. The molecule has 0 aliphatic carbocycles. The lowest BCUT2D eigenvalue weighted by molar-refractivity contribution is -0.115. The number of hydrogen-bond donors (Lipinski definition) is 1. The van der Waals surface area contributed by atoms with E-state index in [1.54, 1.807) is 17.2 Å². The van der Waals surface area contributed by atoms with E-state index in [4.69, 9.17) is 21.1 Å². The van der Waals surface area contributed by atoms with Gasteiger partial charge < -0.3 is 19.7 Å². The summed E-state index contributed by atoms with van der Waals surface area (Å²) in [7, 11) is 1.50. The minimum Gasteiger partial charge on any atom is -0.495 e. The molecule has 1 N–H and O–H groups in total. The van der Waals surface area contributed by atoms with E-state index >= 15 is 0 Å². The maximum Gasteiger partial charge on any atom is 0.410 e. The third-order valence-electron chi connectivity index (χ3n) is 5.08. The normalized spacial score (nSPS) is 14.7. The number of rotatable bonds is 5. The third-order valence-corrected chi connectivity index (χ3v) is 5.37. The highest BCUT2D eigenvalue weighted by molar-refractivity contribution is 6.32. The van der Waals surface area contributed by atoms with Crippen molar-refractivity contribution in [2.24, 2.45) is 0 Å². The Labute approximate surface area is 193 Å². The number of anilines is 1. The fourth-order valence-corrected chi connectivity index (χ4v) is 3.66. The molecule has 1 aliphatic heterocycles. The number of methoxy groups -OCH3 is 1. The van der Waals surface area contributed by atoms with E-state index in [9.17, 15) is 9.59 Å². The first-order valence-electron chi connectivity index (χ1n) is 10.6. The zero-order chi connectivity index (χ0) is 23.3. The molecule has 2 aromatic rings. The maximum absolute atomic E-state index is 12.3. The van der Waals surface area contributed by atoms with Gasteiger partial charge >= 0.3 is 6.09 Å². The van der Waals surface area contributed by atoms with Crippen LogP contribution in [0, 0.1) is 0 Å². The lowest BCUT2D eigenvalue weighted by Gasteiger charge is -2.33. The summed E-state index contributed by atoms with van der Waals surface area (Å²) in [5, 5.41) is 3.11. The van der Waals surface area contributed by atoms with Crippen LogP contribution in [0.3, 0.4) is 0 Å². The fourth-order valence-electron chi connectivity index (χ4n) is 3.48. The van der Waals surface area contributed by atoms with Crippen molar-refractivity contribution in [3.63, 3.8) is 0 Å². The van der Waals surface area contributed by atoms with Crippen molar-refractivity contribution in [3.05, 3.63) is 46.9 Å². The van der Waals surface area contributed by atoms with Crippen LogP contribution < -0.4 is 10.1 Å². The minimum atomic E-state index is -0.493. The van der Waals surface area contributed by atoms with Gasteiger partial charge in [0.1, 0.15) is 22.2 Å². The predicted octanol–water partition coefficient (Wildman–Crippen LogP) is 4.43. The van der Waals surface area contributed by atoms with Gasteiger partial charge in [0, 0.05) is 37.0 Å². The number of pyridine rings is 2. The van der Waals surface area contributed by atoms with Crippen LogP contribution in [0.25, 0.3) is 0 Å². The molecule has 1 fully saturated rings. The SMILES string of the molecule is COc1cc(NC(=O)Cc2ccc(C3CCN(C(=O)OC(C)(C)C)CC3)nc2)ncc1Cl. The molecule has 3 rings (SSSR count). The van der Waals surface area contributed by atoms with Gasteiger partial charge in [-0.25, -0.2) is 9.78 Å². The summed E-state index contributed by atoms with van der Waals surface area (Å²) in [5.74, 6) is 0.891. The summed E-state index contributed by atoms with van der Waals surface area (Å²) in [6.07, 6.45) is 4.73. The number of halogens is 1. The molecule has 0 unspecified atom stereocenters. The number of ether oxygens (including phenoxy) is 2. The van der Waals surface area contributed by atoms with Crippen LogP contribution in [-0.4, -0.2) is 52.7 Å². The zero-order valence-electron chi connectivity index (χ0n) is 18.9. The molecule has 9 heteroatoms. The largest absolute Gasteiger partial charge is 0.495 e. The lowest BCUT2D eigenvalue weighted by atomic mass is 9.93. The van der Waals surface area contributed by atoms with Crippen LogP contribution in [0.1, 0.15) is 50.8 Å². The number of nitrogens with one attached hydrogen (secondary N) is 1. The molecule has 32 heavy (non-hydrogen) atoms. The number of carbonyl (C=O) groups excluding carboxylic acids is 2. The van der Waals surface area contributed by atoms with Crippen molar-refractivity contribution >= 4 is 29.4 Å².